The summed E-state index contributed by atoms with van der Waals surface area (Å²) in [5.41, 5.74) is 5.40. The lowest BCUT2D eigenvalue weighted by Crippen LogP contribution is -2.68. The number of nitrogens with one attached hydrogen (secondary N) is 1. The molecular formula is C12H20N2O2. The molecule has 0 bridgehead atoms. The van der Waals surface area contributed by atoms with Gasteiger partial charge in [-0.25, -0.2) is 0 Å². The second-order valence-electron chi connectivity index (χ2n) is 6.17. The van der Waals surface area contributed by atoms with E-state index in [2.05, 4.69) is 19.2 Å². The van der Waals surface area contributed by atoms with Crippen LogP contribution in [0.25, 0.3) is 0 Å². The second-order valence-corrected chi connectivity index (χ2v) is 6.17. The minimum Gasteiger partial charge on any atom is -0.377 e. The fraction of sp³-hybridized carbons (Fsp3) is 0.917. The van der Waals surface area contributed by atoms with Gasteiger partial charge in [-0.2, -0.15) is 0 Å². The third-order valence-corrected chi connectivity index (χ3v) is 4.63. The van der Waals surface area contributed by atoms with Crippen LogP contribution in [0.5, 0.6) is 0 Å². The average molecular weight is 224 g/mol. The van der Waals surface area contributed by atoms with Crippen LogP contribution in [-0.2, 0) is 9.53 Å². The molecular weight excluding hydrogens is 204 g/mol. The number of nitrogens with two attached hydrogens (primary N) is 1. The maximum absolute atomic E-state index is 11.9. The van der Waals surface area contributed by atoms with E-state index in [-0.39, 0.29) is 17.4 Å². The van der Waals surface area contributed by atoms with Crippen LogP contribution in [0.15, 0.2) is 0 Å². The lowest BCUT2D eigenvalue weighted by atomic mass is 9.57. The molecule has 0 aromatic rings. The number of carbonyl (C=O) groups is 1. The standard InChI is InChI=1S/C12H20N2O2/c1-11(2)8(7-3-6-16-9(7)11)14-10(15)12(13)4-5-12/h7-9H,3-6,13H2,1-2H3,(H,14,15). The predicted octanol–water partition coefficient (Wildman–Crippen LogP) is 0.407. The molecule has 2 saturated carbocycles. The fourth-order valence-electron chi connectivity index (χ4n) is 3.26. The van der Waals surface area contributed by atoms with Crippen molar-refractivity contribution in [3.8, 4) is 0 Å². The summed E-state index contributed by atoms with van der Waals surface area (Å²) in [6, 6.07) is 0.244. The predicted molar refractivity (Wildman–Crippen MR) is 59.7 cm³/mol. The van der Waals surface area contributed by atoms with Gasteiger partial charge in [0.25, 0.3) is 0 Å². The zero-order valence-corrected chi connectivity index (χ0v) is 9.95. The van der Waals surface area contributed by atoms with Crippen molar-refractivity contribution in [3.05, 3.63) is 0 Å². The molecule has 1 amide bonds. The third kappa shape index (κ3) is 1.26. The summed E-state index contributed by atoms with van der Waals surface area (Å²) in [4.78, 5) is 11.9. The summed E-state index contributed by atoms with van der Waals surface area (Å²) in [5, 5.41) is 3.14. The molecule has 0 radical (unpaired) electrons. The van der Waals surface area contributed by atoms with Crippen molar-refractivity contribution >= 4 is 5.91 Å². The zero-order valence-electron chi connectivity index (χ0n) is 9.95. The summed E-state index contributed by atoms with van der Waals surface area (Å²) < 4.78 is 5.70. The van der Waals surface area contributed by atoms with Crippen molar-refractivity contribution in [1.82, 2.24) is 5.32 Å². The SMILES string of the molecule is CC1(C)C(NC(=O)C2(N)CC2)C2CCOC21. The van der Waals surface area contributed by atoms with Crippen LogP contribution in [0.1, 0.15) is 33.1 Å². The van der Waals surface area contributed by atoms with E-state index in [1.54, 1.807) is 0 Å². The quantitative estimate of drug-likeness (QED) is 0.714. The Kier molecular flexibility index (Phi) is 1.97. The molecule has 1 saturated heterocycles. The summed E-state index contributed by atoms with van der Waals surface area (Å²) in [7, 11) is 0. The Balaban J connectivity index is 1.69. The van der Waals surface area contributed by atoms with Crippen LogP contribution < -0.4 is 11.1 Å². The van der Waals surface area contributed by atoms with Crippen LogP contribution in [0, 0.1) is 11.3 Å². The molecule has 16 heavy (non-hydrogen) atoms. The first kappa shape index (κ1) is 10.5. The molecule has 1 aliphatic heterocycles. The average Bonchev–Trinajstić information content (AvgIpc) is 2.83. The summed E-state index contributed by atoms with van der Waals surface area (Å²) in [5.74, 6) is 0.539. The number of hydrogen-bond acceptors (Lipinski definition) is 3. The monoisotopic (exact) mass is 224 g/mol. The summed E-state index contributed by atoms with van der Waals surface area (Å²) in [6.45, 7) is 5.17. The first-order chi connectivity index (χ1) is 7.45. The van der Waals surface area contributed by atoms with Gasteiger partial charge in [-0.1, -0.05) is 13.8 Å². The van der Waals surface area contributed by atoms with Gasteiger partial charge in [-0.15, -0.1) is 0 Å². The number of rotatable bonds is 2. The van der Waals surface area contributed by atoms with E-state index in [1.165, 1.54) is 0 Å². The van der Waals surface area contributed by atoms with E-state index in [9.17, 15) is 4.79 Å². The van der Waals surface area contributed by atoms with Crippen molar-refractivity contribution in [3.63, 3.8) is 0 Å². The Morgan fingerprint density at radius 2 is 2.12 bits per heavy atom. The van der Waals surface area contributed by atoms with Gasteiger partial charge in [0.15, 0.2) is 0 Å². The molecule has 3 unspecified atom stereocenters. The lowest BCUT2D eigenvalue weighted by Gasteiger charge is -2.54. The molecule has 2 aliphatic carbocycles. The maximum Gasteiger partial charge on any atom is 0.240 e. The van der Waals surface area contributed by atoms with Gasteiger partial charge < -0.3 is 15.8 Å². The fourth-order valence-corrected chi connectivity index (χ4v) is 3.26. The summed E-state index contributed by atoms with van der Waals surface area (Å²) >= 11 is 0. The zero-order chi connectivity index (χ0) is 11.6. The van der Waals surface area contributed by atoms with E-state index >= 15 is 0 Å². The topological polar surface area (TPSA) is 64.4 Å². The molecule has 3 aliphatic rings. The van der Waals surface area contributed by atoms with Crippen LogP contribution in [0.2, 0.25) is 0 Å². The van der Waals surface area contributed by atoms with Gasteiger partial charge in [0, 0.05) is 24.0 Å². The van der Waals surface area contributed by atoms with Crippen molar-refractivity contribution in [1.29, 1.82) is 0 Å². The van der Waals surface area contributed by atoms with Gasteiger partial charge in [-0.3, -0.25) is 4.79 Å². The van der Waals surface area contributed by atoms with E-state index < -0.39 is 5.54 Å². The Bertz CT molecular complexity index is 336. The molecule has 4 nitrogen and oxygen atoms in total. The van der Waals surface area contributed by atoms with Gasteiger partial charge in [0.2, 0.25) is 5.91 Å². The molecule has 0 aromatic carbocycles. The molecule has 0 aromatic heterocycles. The van der Waals surface area contributed by atoms with E-state index in [4.69, 9.17) is 10.5 Å². The van der Waals surface area contributed by atoms with Crippen molar-refractivity contribution in [2.24, 2.45) is 17.1 Å². The molecule has 4 heteroatoms. The molecule has 3 atom stereocenters. The Morgan fingerprint density at radius 1 is 1.44 bits per heavy atom. The van der Waals surface area contributed by atoms with Crippen molar-refractivity contribution < 1.29 is 9.53 Å². The van der Waals surface area contributed by atoms with E-state index in [0.29, 0.717) is 12.0 Å². The highest BCUT2D eigenvalue weighted by atomic mass is 16.5. The highest BCUT2D eigenvalue weighted by Gasteiger charge is 2.61. The van der Waals surface area contributed by atoms with Gasteiger partial charge in [0.05, 0.1) is 11.6 Å². The molecule has 3 rings (SSSR count). The van der Waals surface area contributed by atoms with Crippen LogP contribution >= 0.6 is 0 Å². The number of amides is 1. The van der Waals surface area contributed by atoms with Crippen molar-refractivity contribution in [2.75, 3.05) is 6.61 Å². The van der Waals surface area contributed by atoms with Gasteiger partial charge >= 0.3 is 0 Å². The minimum absolute atomic E-state index is 0.0379. The normalized spacial score (nSPS) is 42.1. The number of fused-ring (bicyclic) bond motifs is 1. The molecule has 3 fully saturated rings. The van der Waals surface area contributed by atoms with Gasteiger partial charge in [0.1, 0.15) is 0 Å². The number of carbonyl (C=O) groups excluding carboxylic acids is 1. The van der Waals surface area contributed by atoms with Gasteiger partial charge in [-0.05, 0) is 19.3 Å². The Hall–Kier alpha value is -0.610. The van der Waals surface area contributed by atoms with Crippen LogP contribution in [0.3, 0.4) is 0 Å². The number of ether oxygens (including phenoxy) is 1. The van der Waals surface area contributed by atoms with Crippen molar-refractivity contribution in [2.45, 2.75) is 50.8 Å². The maximum atomic E-state index is 11.9. The van der Waals surface area contributed by atoms with Crippen LogP contribution in [0.4, 0.5) is 0 Å². The second kappa shape index (κ2) is 2.99. The van der Waals surface area contributed by atoms with Crippen LogP contribution in [-0.4, -0.2) is 30.2 Å². The molecule has 3 N–H and O–H groups in total. The highest BCUT2D eigenvalue weighted by Crippen LogP contribution is 2.52. The Morgan fingerprint density at radius 3 is 2.75 bits per heavy atom. The lowest BCUT2D eigenvalue weighted by molar-refractivity contribution is -0.139. The van der Waals surface area contributed by atoms with E-state index in [0.717, 1.165) is 25.9 Å². The molecule has 1 heterocycles. The number of hydrogen-bond donors (Lipinski definition) is 2. The molecule has 90 valence electrons. The molecule has 0 spiro atoms. The first-order valence-corrected chi connectivity index (χ1v) is 6.17. The Labute approximate surface area is 95.9 Å². The third-order valence-electron chi connectivity index (χ3n) is 4.63. The highest BCUT2D eigenvalue weighted by molar-refractivity contribution is 5.89. The largest absolute Gasteiger partial charge is 0.377 e. The first-order valence-electron chi connectivity index (χ1n) is 6.17. The smallest absolute Gasteiger partial charge is 0.240 e. The summed E-state index contributed by atoms with van der Waals surface area (Å²) in [6.07, 6.45) is 3.05. The minimum atomic E-state index is -0.555. The van der Waals surface area contributed by atoms with E-state index in [1.807, 2.05) is 0 Å².